The highest BCUT2D eigenvalue weighted by molar-refractivity contribution is 6.21. The lowest BCUT2D eigenvalue weighted by atomic mass is 10.1. The number of alkyl halides is 1. The lowest BCUT2D eigenvalue weighted by molar-refractivity contribution is -0.0449. The van der Waals surface area contributed by atoms with Crippen LogP contribution in [0.25, 0.3) is 0 Å². The van der Waals surface area contributed by atoms with Gasteiger partial charge in [0.2, 0.25) is 0 Å². The van der Waals surface area contributed by atoms with E-state index in [0.717, 1.165) is 30.9 Å². The number of anilines is 2. The molecule has 21 heavy (non-hydrogen) atoms. The third-order valence-corrected chi connectivity index (χ3v) is 4.23. The Morgan fingerprint density at radius 2 is 2.38 bits per heavy atom. The van der Waals surface area contributed by atoms with E-state index in [0.29, 0.717) is 5.56 Å². The number of fused-ring (bicyclic) bond motifs is 1. The highest BCUT2D eigenvalue weighted by Crippen LogP contribution is 2.38. The van der Waals surface area contributed by atoms with Crippen LogP contribution in [0.1, 0.15) is 23.7 Å². The van der Waals surface area contributed by atoms with Crippen molar-refractivity contribution in [2.24, 2.45) is 0 Å². The molecule has 1 fully saturated rings. The fourth-order valence-electron chi connectivity index (χ4n) is 2.76. The zero-order valence-electron chi connectivity index (χ0n) is 12.1. The normalized spacial score (nSPS) is 24.8. The van der Waals surface area contributed by atoms with Crippen molar-refractivity contribution in [1.29, 1.82) is 0 Å². The molecule has 0 amide bonds. The van der Waals surface area contributed by atoms with Crippen LogP contribution in [-0.4, -0.2) is 43.9 Å². The number of esters is 1. The van der Waals surface area contributed by atoms with Crippen LogP contribution in [0, 0.1) is 0 Å². The van der Waals surface area contributed by atoms with Gasteiger partial charge in [-0.15, -0.1) is 11.6 Å². The predicted octanol–water partition coefficient (Wildman–Crippen LogP) is 2.45. The topological polar surface area (TPSA) is 50.8 Å². The van der Waals surface area contributed by atoms with Crippen molar-refractivity contribution < 1.29 is 14.3 Å². The van der Waals surface area contributed by atoms with E-state index < -0.39 is 0 Å². The van der Waals surface area contributed by atoms with Gasteiger partial charge in [0.25, 0.3) is 0 Å². The van der Waals surface area contributed by atoms with Gasteiger partial charge in [-0.3, -0.25) is 0 Å². The van der Waals surface area contributed by atoms with Crippen molar-refractivity contribution in [3.05, 3.63) is 23.8 Å². The third-order valence-electron chi connectivity index (χ3n) is 4.00. The molecule has 1 saturated heterocycles. The number of carbonyl (C=O) groups excluding carboxylic acids is 1. The summed E-state index contributed by atoms with van der Waals surface area (Å²) >= 11 is 6.31. The van der Waals surface area contributed by atoms with Gasteiger partial charge in [-0.1, -0.05) is 0 Å². The highest BCUT2D eigenvalue weighted by atomic mass is 35.5. The van der Waals surface area contributed by atoms with Crippen LogP contribution >= 0.6 is 11.6 Å². The number of ether oxygens (including phenoxy) is 2. The first-order chi connectivity index (χ1) is 10.1. The summed E-state index contributed by atoms with van der Waals surface area (Å²) < 4.78 is 10.3. The number of halogens is 1. The number of methoxy groups -OCH3 is 1. The number of benzene rings is 1. The van der Waals surface area contributed by atoms with Gasteiger partial charge in [0.05, 0.1) is 35.5 Å². The van der Waals surface area contributed by atoms with Crippen LogP contribution < -0.4 is 10.2 Å². The van der Waals surface area contributed by atoms with Gasteiger partial charge in [0.15, 0.2) is 0 Å². The van der Waals surface area contributed by atoms with Gasteiger partial charge in [-0.05, 0) is 31.5 Å². The quantitative estimate of drug-likeness (QED) is 0.684. The number of nitrogens with zero attached hydrogens (tertiary/aromatic N) is 1. The Morgan fingerprint density at radius 3 is 2.95 bits per heavy atom. The second kappa shape index (κ2) is 5.73. The first kappa shape index (κ1) is 14.5. The number of hydrogen-bond acceptors (Lipinski definition) is 5. The summed E-state index contributed by atoms with van der Waals surface area (Å²) in [7, 11) is 1.38. The van der Waals surface area contributed by atoms with Gasteiger partial charge >= 0.3 is 5.97 Å². The smallest absolute Gasteiger partial charge is 0.337 e. The van der Waals surface area contributed by atoms with Crippen molar-refractivity contribution >= 4 is 28.9 Å². The molecule has 2 heterocycles. The molecule has 1 N–H and O–H groups in total. The minimum absolute atomic E-state index is 0.00114. The molecule has 114 valence electrons. The molecule has 0 spiro atoms. The van der Waals surface area contributed by atoms with Gasteiger partial charge < -0.3 is 19.7 Å². The van der Waals surface area contributed by atoms with E-state index in [-0.39, 0.29) is 23.6 Å². The molecule has 0 aromatic heterocycles. The molecule has 2 aliphatic rings. The van der Waals surface area contributed by atoms with E-state index in [4.69, 9.17) is 21.1 Å². The highest BCUT2D eigenvalue weighted by Gasteiger charge is 2.35. The van der Waals surface area contributed by atoms with Crippen molar-refractivity contribution in [2.45, 2.75) is 31.0 Å². The van der Waals surface area contributed by atoms with Crippen LogP contribution in [0.5, 0.6) is 0 Å². The number of nitrogens with one attached hydrogen (secondary N) is 1. The lowest BCUT2D eigenvalue weighted by Gasteiger charge is -2.35. The SMILES string of the molecule is COC(=O)c1ccc2c(c1)NC(C(C)Cl)N2C[C@@H]1CCO1. The number of carbonyl (C=O) groups is 1. The van der Waals surface area contributed by atoms with Crippen LogP contribution in [0.15, 0.2) is 18.2 Å². The van der Waals surface area contributed by atoms with Crippen molar-refractivity contribution in [1.82, 2.24) is 0 Å². The van der Waals surface area contributed by atoms with E-state index in [1.807, 2.05) is 19.1 Å². The molecule has 3 atom stereocenters. The second-order valence-electron chi connectivity index (χ2n) is 5.42. The minimum Gasteiger partial charge on any atom is -0.465 e. The zero-order chi connectivity index (χ0) is 15.0. The summed E-state index contributed by atoms with van der Waals surface area (Å²) in [6, 6.07) is 5.53. The Morgan fingerprint density at radius 1 is 1.62 bits per heavy atom. The Labute approximate surface area is 129 Å². The minimum atomic E-state index is -0.337. The average molecular weight is 311 g/mol. The van der Waals surface area contributed by atoms with Gasteiger partial charge in [0.1, 0.15) is 6.17 Å². The molecule has 1 aromatic carbocycles. The Kier molecular flexibility index (Phi) is 3.95. The standard InChI is InChI=1S/C15H19ClN2O3/c1-9(16)14-17-12-7-10(15(19)20-2)3-4-13(12)18(14)8-11-5-6-21-11/h3-4,7,9,11,14,17H,5-6,8H2,1-2H3/t9?,11-,14?/m0/s1. The fraction of sp³-hybridized carbons (Fsp3) is 0.533. The van der Waals surface area contributed by atoms with Gasteiger partial charge in [0, 0.05) is 13.2 Å². The van der Waals surface area contributed by atoms with Crippen LogP contribution in [0.3, 0.4) is 0 Å². The monoisotopic (exact) mass is 310 g/mol. The molecule has 2 aliphatic heterocycles. The fourth-order valence-corrected chi connectivity index (χ4v) is 2.96. The molecule has 5 nitrogen and oxygen atoms in total. The van der Waals surface area contributed by atoms with E-state index in [1.165, 1.54) is 7.11 Å². The molecule has 2 unspecified atom stereocenters. The molecular weight excluding hydrogens is 292 g/mol. The molecule has 3 rings (SSSR count). The maximum atomic E-state index is 11.6. The first-order valence-electron chi connectivity index (χ1n) is 7.11. The van der Waals surface area contributed by atoms with Crippen molar-refractivity contribution in [3.63, 3.8) is 0 Å². The third kappa shape index (κ3) is 2.68. The van der Waals surface area contributed by atoms with Crippen LogP contribution in [0.4, 0.5) is 11.4 Å². The molecule has 0 radical (unpaired) electrons. The second-order valence-corrected chi connectivity index (χ2v) is 6.11. The molecule has 1 aromatic rings. The lowest BCUT2D eigenvalue weighted by Crippen LogP contribution is -2.48. The van der Waals surface area contributed by atoms with Crippen molar-refractivity contribution in [2.75, 3.05) is 30.5 Å². The van der Waals surface area contributed by atoms with E-state index in [2.05, 4.69) is 10.2 Å². The largest absolute Gasteiger partial charge is 0.465 e. The Hall–Kier alpha value is -1.46. The first-order valence-corrected chi connectivity index (χ1v) is 7.55. The molecule has 0 saturated carbocycles. The molecule has 6 heteroatoms. The molecular formula is C15H19ClN2O3. The maximum Gasteiger partial charge on any atom is 0.337 e. The summed E-state index contributed by atoms with van der Waals surface area (Å²) in [6.07, 6.45) is 1.34. The van der Waals surface area contributed by atoms with Crippen LogP contribution in [0.2, 0.25) is 0 Å². The average Bonchev–Trinajstić information content (AvgIpc) is 2.79. The van der Waals surface area contributed by atoms with E-state index in [9.17, 15) is 4.79 Å². The summed E-state index contributed by atoms with van der Waals surface area (Å²) in [6.45, 7) is 3.60. The number of rotatable bonds is 4. The summed E-state index contributed by atoms with van der Waals surface area (Å²) in [4.78, 5) is 13.9. The maximum absolute atomic E-state index is 11.6. The molecule has 0 aliphatic carbocycles. The van der Waals surface area contributed by atoms with E-state index >= 15 is 0 Å². The predicted molar refractivity (Wildman–Crippen MR) is 82.2 cm³/mol. The number of hydrogen-bond donors (Lipinski definition) is 1. The summed E-state index contributed by atoms with van der Waals surface area (Å²) in [5.41, 5.74) is 2.50. The summed E-state index contributed by atoms with van der Waals surface area (Å²) in [5.74, 6) is -0.337. The van der Waals surface area contributed by atoms with Crippen LogP contribution in [-0.2, 0) is 9.47 Å². The van der Waals surface area contributed by atoms with Gasteiger partial charge in [-0.25, -0.2) is 4.79 Å². The van der Waals surface area contributed by atoms with Gasteiger partial charge in [-0.2, -0.15) is 0 Å². The Bertz CT molecular complexity index is 546. The molecule has 0 bridgehead atoms. The van der Waals surface area contributed by atoms with E-state index in [1.54, 1.807) is 6.07 Å². The summed E-state index contributed by atoms with van der Waals surface area (Å²) in [5, 5.41) is 3.32. The zero-order valence-corrected chi connectivity index (χ0v) is 12.9. The van der Waals surface area contributed by atoms with Crippen molar-refractivity contribution in [3.8, 4) is 0 Å². The Balaban J connectivity index is 1.87.